The fourth-order valence-corrected chi connectivity index (χ4v) is 3.87. The quantitative estimate of drug-likeness (QED) is 0.940. The molecule has 2 aromatic rings. The number of halogens is 1. The highest BCUT2D eigenvalue weighted by atomic mass is 35.5. The van der Waals surface area contributed by atoms with Crippen LogP contribution in [0.15, 0.2) is 34.8 Å². The van der Waals surface area contributed by atoms with E-state index in [0.29, 0.717) is 5.69 Å². The average Bonchev–Trinajstić information content (AvgIpc) is 2.77. The summed E-state index contributed by atoms with van der Waals surface area (Å²) in [6.45, 7) is 1.72. The van der Waals surface area contributed by atoms with E-state index in [1.165, 1.54) is 6.20 Å². The maximum absolute atomic E-state index is 12.0. The maximum atomic E-state index is 12.0. The fourth-order valence-electron chi connectivity index (χ4n) is 1.35. The van der Waals surface area contributed by atoms with Crippen LogP contribution in [0.2, 0.25) is 4.47 Å². The Labute approximate surface area is 114 Å². The number of pyridine rings is 1. The van der Waals surface area contributed by atoms with Gasteiger partial charge in [0, 0.05) is 6.20 Å². The molecule has 18 heavy (non-hydrogen) atoms. The molecule has 5 nitrogen and oxygen atoms in total. The van der Waals surface area contributed by atoms with Gasteiger partial charge in [-0.15, -0.1) is 0 Å². The molecule has 0 aromatic carbocycles. The molecule has 2 rings (SSSR count). The zero-order valence-electron chi connectivity index (χ0n) is 9.37. The van der Waals surface area contributed by atoms with Gasteiger partial charge in [-0.05, 0) is 19.1 Å². The van der Waals surface area contributed by atoms with Crippen LogP contribution in [0.1, 0.15) is 18.7 Å². The molecule has 0 aliphatic heterocycles. The second kappa shape index (κ2) is 5.31. The van der Waals surface area contributed by atoms with Crippen molar-refractivity contribution in [1.82, 2.24) is 14.7 Å². The molecular formula is C10H10ClN3O2S2. The summed E-state index contributed by atoms with van der Waals surface area (Å²) >= 11 is 6.54. The standard InChI is InChI=1S/C10H10ClN3O2S2/c1-7(8-4-2-3-5-12-8)14-18(15,16)9-6-13-10(11)17-9/h2-7,14H,1H3. The molecule has 1 unspecified atom stereocenters. The van der Waals surface area contributed by atoms with E-state index in [2.05, 4.69) is 14.7 Å². The van der Waals surface area contributed by atoms with Crippen LogP contribution in [0.4, 0.5) is 0 Å². The van der Waals surface area contributed by atoms with Gasteiger partial charge in [-0.25, -0.2) is 18.1 Å². The van der Waals surface area contributed by atoms with Crippen LogP contribution in [0.25, 0.3) is 0 Å². The van der Waals surface area contributed by atoms with Crippen molar-refractivity contribution in [1.29, 1.82) is 0 Å². The van der Waals surface area contributed by atoms with Crippen LogP contribution in [-0.4, -0.2) is 18.4 Å². The number of sulfonamides is 1. The van der Waals surface area contributed by atoms with Crippen molar-refractivity contribution in [2.45, 2.75) is 17.2 Å². The normalized spacial score (nSPS) is 13.4. The zero-order valence-corrected chi connectivity index (χ0v) is 11.8. The van der Waals surface area contributed by atoms with Gasteiger partial charge in [0.05, 0.1) is 17.9 Å². The second-order valence-electron chi connectivity index (χ2n) is 3.53. The monoisotopic (exact) mass is 303 g/mol. The number of hydrogen-bond acceptors (Lipinski definition) is 5. The second-order valence-corrected chi connectivity index (χ2v) is 7.08. The number of aromatic nitrogens is 2. The molecule has 0 saturated heterocycles. The van der Waals surface area contributed by atoms with Gasteiger partial charge in [0.1, 0.15) is 0 Å². The number of nitrogens with zero attached hydrogens (tertiary/aromatic N) is 2. The Morgan fingerprint density at radius 3 is 2.72 bits per heavy atom. The van der Waals surface area contributed by atoms with Gasteiger partial charge >= 0.3 is 0 Å². The number of thiazole rings is 1. The summed E-state index contributed by atoms with van der Waals surface area (Å²) < 4.78 is 26.8. The predicted octanol–water partition coefficient (Wildman–Crippen LogP) is 2.23. The van der Waals surface area contributed by atoms with Crippen LogP contribution >= 0.6 is 22.9 Å². The molecule has 8 heteroatoms. The van der Waals surface area contributed by atoms with Crippen molar-refractivity contribution in [3.63, 3.8) is 0 Å². The molecule has 2 aromatic heterocycles. The first kappa shape index (κ1) is 13.4. The highest BCUT2D eigenvalue weighted by Crippen LogP contribution is 2.23. The highest BCUT2D eigenvalue weighted by Gasteiger charge is 2.21. The SMILES string of the molecule is CC(NS(=O)(=O)c1cnc(Cl)s1)c1ccccn1. The van der Waals surface area contributed by atoms with E-state index in [-0.39, 0.29) is 8.68 Å². The Morgan fingerprint density at radius 2 is 2.17 bits per heavy atom. The molecule has 0 saturated carbocycles. The molecule has 96 valence electrons. The molecule has 0 spiro atoms. The Kier molecular flexibility index (Phi) is 3.96. The Morgan fingerprint density at radius 1 is 1.39 bits per heavy atom. The number of nitrogens with one attached hydrogen (secondary N) is 1. The Bertz CT molecular complexity index is 628. The summed E-state index contributed by atoms with van der Waals surface area (Å²) in [5, 5.41) is 0. The summed E-state index contributed by atoms with van der Waals surface area (Å²) in [6, 6.07) is 4.91. The van der Waals surface area contributed by atoms with Gasteiger partial charge in [0.15, 0.2) is 8.68 Å². The lowest BCUT2D eigenvalue weighted by Gasteiger charge is -2.12. The van der Waals surface area contributed by atoms with Crippen molar-refractivity contribution >= 4 is 33.0 Å². The maximum Gasteiger partial charge on any atom is 0.252 e. The highest BCUT2D eigenvalue weighted by molar-refractivity contribution is 7.91. The largest absolute Gasteiger partial charge is 0.260 e. The van der Waals surface area contributed by atoms with E-state index in [1.54, 1.807) is 31.3 Å². The van der Waals surface area contributed by atoms with Gasteiger partial charge in [-0.1, -0.05) is 29.0 Å². The third-order valence-electron chi connectivity index (χ3n) is 2.18. The van der Waals surface area contributed by atoms with Gasteiger partial charge in [-0.3, -0.25) is 4.98 Å². The van der Waals surface area contributed by atoms with E-state index in [9.17, 15) is 8.42 Å². The summed E-state index contributed by atoms with van der Waals surface area (Å²) in [6.07, 6.45) is 2.85. The number of rotatable bonds is 4. The van der Waals surface area contributed by atoms with Gasteiger partial charge < -0.3 is 0 Å². The Balaban J connectivity index is 2.19. The molecule has 1 atom stereocenters. The van der Waals surface area contributed by atoms with Crippen LogP contribution in [-0.2, 0) is 10.0 Å². The molecule has 2 heterocycles. The van der Waals surface area contributed by atoms with E-state index < -0.39 is 16.1 Å². The summed E-state index contributed by atoms with van der Waals surface area (Å²) in [7, 11) is -3.61. The minimum absolute atomic E-state index is 0.0929. The summed E-state index contributed by atoms with van der Waals surface area (Å²) in [5.41, 5.74) is 0.650. The smallest absolute Gasteiger partial charge is 0.252 e. The van der Waals surface area contributed by atoms with Crippen LogP contribution in [0, 0.1) is 0 Å². The zero-order chi connectivity index (χ0) is 13.2. The average molecular weight is 304 g/mol. The summed E-state index contributed by atoms with van der Waals surface area (Å²) in [5.74, 6) is 0. The van der Waals surface area contributed by atoms with E-state index in [4.69, 9.17) is 11.6 Å². The molecular weight excluding hydrogens is 294 g/mol. The van der Waals surface area contributed by atoms with Crippen LogP contribution in [0.3, 0.4) is 0 Å². The van der Waals surface area contributed by atoms with Gasteiger partial charge in [-0.2, -0.15) is 0 Å². The third kappa shape index (κ3) is 3.05. The topological polar surface area (TPSA) is 72.0 Å². The van der Waals surface area contributed by atoms with Crippen molar-refractivity contribution in [3.8, 4) is 0 Å². The van der Waals surface area contributed by atoms with E-state index >= 15 is 0 Å². The number of hydrogen-bond donors (Lipinski definition) is 1. The predicted molar refractivity (Wildman–Crippen MR) is 70.1 cm³/mol. The molecule has 0 amide bonds. The van der Waals surface area contributed by atoms with Gasteiger partial charge in [0.2, 0.25) is 0 Å². The lowest BCUT2D eigenvalue weighted by molar-refractivity contribution is 0.566. The van der Waals surface area contributed by atoms with E-state index in [1.807, 2.05) is 0 Å². The molecule has 0 bridgehead atoms. The molecule has 0 aliphatic carbocycles. The first-order valence-electron chi connectivity index (χ1n) is 5.03. The third-order valence-corrected chi connectivity index (χ3v) is 5.30. The van der Waals surface area contributed by atoms with Crippen molar-refractivity contribution < 1.29 is 8.42 Å². The van der Waals surface area contributed by atoms with Crippen LogP contribution < -0.4 is 4.72 Å². The first-order valence-corrected chi connectivity index (χ1v) is 7.71. The Hall–Kier alpha value is -1.02. The van der Waals surface area contributed by atoms with Crippen molar-refractivity contribution in [3.05, 3.63) is 40.8 Å². The van der Waals surface area contributed by atoms with Gasteiger partial charge in [0.25, 0.3) is 10.0 Å². The van der Waals surface area contributed by atoms with E-state index in [0.717, 1.165) is 11.3 Å². The van der Waals surface area contributed by atoms with Crippen molar-refractivity contribution in [2.75, 3.05) is 0 Å². The molecule has 0 fully saturated rings. The molecule has 0 aliphatic rings. The van der Waals surface area contributed by atoms with Crippen molar-refractivity contribution in [2.24, 2.45) is 0 Å². The minimum atomic E-state index is -3.61. The summed E-state index contributed by atoms with van der Waals surface area (Å²) in [4.78, 5) is 7.81. The lowest BCUT2D eigenvalue weighted by atomic mass is 10.2. The molecule has 0 radical (unpaired) electrons. The van der Waals surface area contributed by atoms with Crippen LogP contribution in [0.5, 0.6) is 0 Å². The first-order chi connectivity index (χ1) is 8.49. The minimum Gasteiger partial charge on any atom is -0.260 e. The lowest BCUT2D eigenvalue weighted by Crippen LogP contribution is -2.26. The fraction of sp³-hybridized carbons (Fsp3) is 0.200. The molecule has 1 N–H and O–H groups in total.